The van der Waals surface area contributed by atoms with E-state index in [2.05, 4.69) is 5.32 Å². The maximum atomic E-state index is 11.7. The Labute approximate surface area is 143 Å². The third-order valence-electron chi connectivity index (χ3n) is 4.31. The van der Waals surface area contributed by atoms with Crippen molar-refractivity contribution in [2.45, 2.75) is 58.8 Å². The van der Waals surface area contributed by atoms with E-state index in [1.54, 1.807) is 32.0 Å². The zero-order valence-corrected chi connectivity index (χ0v) is 15.0. The molecule has 1 amide bonds. The third-order valence-corrected chi connectivity index (χ3v) is 4.31. The van der Waals surface area contributed by atoms with Crippen molar-refractivity contribution in [1.82, 2.24) is 0 Å². The lowest BCUT2D eigenvalue weighted by atomic mass is 9.76. The molecule has 1 aromatic carbocycles. The molecule has 1 aliphatic heterocycles. The number of anilines is 1. The molecular weight excluding hydrogens is 309 g/mol. The molecule has 0 bridgehead atoms. The molecule has 0 spiro atoms. The number of carbonyl (C=O) groups is 2. The van der Waals surface area contributed by atoms with Crippen LogP contribution in [-0.2, 0) is 14.0 Å². The molecule has 0 aromatic heterocycles. The molecule has 0 saturated carbocycles. The molecule has 1 heterocycles. The molecule has 1 aromatic rings. The first-order valence-corrected chi connectivity index (χ1v) is 7.98. The second kappa shape index (κ2) is 6.57. The molecular formula is C17H24BNO5. The van der Waals surface area contributed by atoms with Crippen LogP contribution in [0.5, 0.6) is 0 Å². The highest BCUT2D eigenvalue weighted by Gasteiger charge is 2.52. The lowest BCUT2D eigenvalue weighted by Gasteiger charge is -2.32. The lowest BCUT2D eigenvalue weighted by molar-refractivity contribution is 0.00578. The van der Waals surface area contributed by atoms with Gasteiger partial charge in [-0.25, -0.2) is 4.79 Å². The van der Waals surface area contributed by atoms with Crippen molar-refractivity contribution in [3.05, 3.63) is 23.8 Å². The summed E-state index contributed by atoms with van der Waals surface area (Å²) in [5.74, 6) is 0. The quantitative estimate of drug-likeness (QED) is 0.677. The number of nitrogens with one attached hydrogen (secondary N) is 1. The van der Waals surface area contributed by atoms with Crippen molar-refractivity contribution >= 4 is 30.6 Å². The van der Waals surface area contributed by atoms with Crippen LogP contribution >= 0.6 is 0 Å². The molecule has 0 aliphatic carbocycles. The highest BCUT2D eigenvalue weighted by Crippen LogP contribution is 2.36. The van der Waals surface area contributed by atoms with E-state index in [-0.39, 0.29) is 6.10 Å². The Kier molecular flexibility index (Phi) is 5.06. The van der Waals surface area contributed by atoms with Gasteiger partial charge in [0, 0.05) is 11.3 Å². The van der Waals surface area contributed by atoms with Crippen LogP contribution in [0.3, 0.4) is 0 Å². The van der Waals surface area contributed by atoms with Gasteiger partial charge in [0.05, 0.1) is 17.3 Å². The molecule has 0 atom stereocenters. The molecule has 1 saturated heterocycles. The van der Waals surface area contributed by atoms with Crippen molar-refractivity contribution in [1.29, 1.82) is 0 Å². The normalized spacial score (nSPS) is 18.5. The molecule has 24 heavy (non-hydrogen) atoms. The second-order valence-corrected chi connectivity index (χ2v) is 7.13. The molecule has 1 N–H and O–H groups in total. The first-order chi connectivity index (χ1) is 11.1. The maximum absolute atomic E-state index is 11.7. The first kappa shape index (κ1) is 18.5. The van der Waals surface area contributed by atoms with Crippen molar-refractivity contribution < 1.29 is 23.6 Å². The second-order valence-electron chi connectivity index (χ2n) is 7.13. The fourth-order valence-corrected chi connectivity index (χ4v) is 2.30. The SMILES string of the molecule is CC(C)OC(=O)Nc1ccc(B2OC(C)(C)C(C)(C)O2)c(C=O)c1. The summed E-state index contributed by atoms with van der Waals surface area (Å²) in [6, 6.07) is 4.99. The number of carbonyl (C=O) groups excluding carboxylic acids is 2. The number of hydrogen-bond acceptors (Lipinski definition) is 5. The highest BCUT2D eigenvalue weighted by atomic mass is 16.7. The third kappa shape index (κ3) is 3.79. The number of amides is 1. The van der Waals surface area contributed by atoms with E-state index in [1.807, 2.05) is 27.7 Å². The minimum absolute atomic E-state index is 0.223. The van der Waals surface area contributed by atoms with E-state index in [0.29, 0.717) is 16.7 Å². The molecule has 130 valence electrons. The van der Waals surface area contributed by atoms with Gasteiger partial charge in [0.2, 0.25) is 0 Å². The molecule has 7 heteroatoms. The fourth-order valence-electron chi connectivity index (χ4n) is 2.30. The minimum Gasteiger partial charge on any atom is -0.447 e. The van der Waals surface area contributed by atoms with Gasteiger partial charge in [-0.05, 0) is 59.1 Å². The Hall–Kier alpha value is -1.86. The largest absolute Gasteiger partial charge is 0.495 e. The van der Waals surface area contributed by atoms with E-state index >= 15 is 0 Å². The molecule has 0 radical (unpaired) electrons. The van der Waals surface area contributed by atoms with Crippen LogP contribution in [0.15, 0.2) is 18.2 Å². The van der Waals surface area contributed by atoms with Crippen LogP contribution in [0.25, 0.3) is 0 Å². The molecule has 6 nitrogen and oxygen atoms in total. The smallest absolute Gasteiger partial charge is 0.447 e. The minimum atomic E-state index is -0.633. The highest BCUT2D eigenvalue weighted by molar-refractivity contribution is 6.63. The zero-order chi connectivity index (χ0) is 18.1. The van der Waals surface area contributed by atoms with Crippen LogP contribution in [0.2, 0.25) is 0 Å². The molecule has 1 aliphatic rings. The van der Waals surface area contributed by atoms with Gasteiger partial charge in [-0.2, -0.15) is 0 Å². The molecule has 2 rings (SSSR count). The summed E-state index contributed by atoms with van der Waals surface area (Å²) in [5, 5.41) is 2.60. The van der Waals surface area contributed by atoms with Gasteiger partial charge >= 0.3 is 13.2 Å². The van der Waals surface area contributed by atoms with Gasteiger partial charge in [0.25, 0.3) is 0 Å². The summed E-state index contributed by atoms with van der Waals surface area (Å²) in [4.78, 5) is 23.1. The van der Waals surface area contributed by atoms with Crippen molar-refractivity contribution in [3.63, 3.8) is 0 Å². The van der Waals surface area contributed by atoms with Crippen LogP contribution in [0.1, 0.15) is 51.9 Å². The van der Waals surface area contributed by atoms with E-state index in [4.69, 9.17) is 14.0 Å². The molecule has 1 fully saturated rings. The van der Waals surface area contributed by atoms with Gasteiger partial charge in [-0.3, -0.25) is 10.1 Å². The maximum Gasteiger partial charge on any atom is 0.495 e. The van der Waals surface area contributed by atoms with E-state index in [9.17, 15) is 9.59 Å². The summed E-state index contributed by atoms with van der Waals surface area (Å²) in [7, 11) is -0.633. The standard InChI is InChI=1S/C17H24BNO5/c1-11(2)22-15(21)19-13-7-8-14(12(9-13)10-20)18-23-16(3,4)17(5,6)24-18/h7-11H,1-6H3,(H,19,21). The van der Waals surface area contributed by atoms with Crippen molar-refractivity contribution in [3.8, 4) is 0 Å². The number of hydrogen-bond donors (Lipinski definition) is 1. The van der Waals surface area contributed by atoms with Crippen LogP contribution in [0.4, 0.5) is 10.5 Å². The predicted molar refractivity (Wildman–Crippen MR) is 92.8 cm³/mol. The van der Waals surface area contributed by atoms with E-state index in [0.717, 1.165) is 6.29 Å². The topological polar surface area (TPSA) is 73.9 Å². The van der Waals surface area contributed by atoms with Crippen LogP contribution in [0, 0.1) is 0 Å². The zero-order valence-electron chi connectivity index (χ0n) is 15.0. The predicted octanol–water partition coefficient (Wildman–Crippen LogP) is 2.76. The number of ether oxygens (including phenoxy) is 1. The van der Waals surface area contributed by atoms with Crippen molar-refractivity contribution in [2.75, 3.05) is 5.32 Å². The van der Waals surface area contributed by atoms with Crippen molar-refractivity contribution in [2.24, 2.45) is 0 Å². The Morgan fingerprint density at radius 1 is 1.21 bits per heavy atom. The summed E-state index contributed by atoms with van der Waals surface area (Å²) in [5.41, 5.74) is 0.524. The van der Waals surface area contributed by atoms with Gasteiger partial charge in [0.15, 0.2) is 0 Å². The first-order valence-electron chi connectivity index (χ1n) is 7.98. The van der Waals surface area contributed by atoms with Gasteiger partial charge in [0.1, 0.15) is 6.29 Å². The van der Waals surface area contributed by atoms with Crippen LogP contribution in [-0.4, -0.2) is 36.8 Å². The summed E-state index contributed by atoms with van der Waals surface area (Å²) < 4.78 is 17.0. The fraction of sp³-hybridized carbons (Fsp3) is 0.529. The van der Waals surface area contributed by atoms with E-state index < -0.39 is 24.4 Å². The average Bonchev–Trinajstić information content (AvgIpc) is 2.66. The Balaban J connectivity index is 2.22. The Morgan fingerprint density at radius 3 is 2.29 bits per heavy atom. The molecule has 0 unspecified atom stereocenters. The Bertz CT molecular complexity index is 626. The summed E-state index contributed by atoms with van der Waals surface area (Å²) in [6.07, 6.45) is -0.0657. The van der Waals surface area contributed by atoms with Gasteiger partial charge in [-0.1, -0.05) is 6.07 Å². The number of rotatable bonds is 4. The average molecular weight is 333 g/mol. The van der Waals surface area contributed by atoms with E-state index in [1.165, 1.54) is 0 Å². The summed E-state index contributed by atoms with van der Waals surface area (Å²) in [6.45, 7) is 11.3. The summed E-state index contributed by atoms with van der Waals surface area (Å²) >= 11 is 0. The monoisotopic (exact) mass is 333 g/mol. The number of benzene rings is 1. The lowest BCUT2D eigenvalue weighted by Crippen LogP contribution is -2.41. The number of aldehydes is 1. The van der Waals surface area contributed by atoms with Gasteiger partial charge in [-0.15, -0.1) is 0 Å². The van der Waals surface area contributed by atoms with Crippen LogP contribution < -0.4 is 10.8 Å². The Morgan fingerprint density at radius 2 is 1.79 bits per heavy atom. The van der Waals surface area contributed by atoms with Gasteiger partial charge < -0.3 is 14.0 Å².